The van der Waals surface area contributed by atoms with Crippen LogP contribution in [0.15, 0.2) is 235 Å². The van der Waals surface area contributed by atoms with Crippen LogP contribution in [0.2, 0.25) is 0 Å². The predicted molar refractivity (Wildman–Crippen MR) is 272 cm³/mol. The zero-order valence-electron chi connectivity index (χ0n) is 34.7. The van der Waals surface area contributed by atoms with Gasteiger partial charge >= 0.3 is 0 Å². The highest BCUT2D eigenvalue weighted by molar-refractivity contribution is 7.25. The molecule has 0 bridgehead atoms. The largest absolute Gasteiger partial charge is 0.455 e. The molecule has 0 spiro atoms. The molecule has 300 valence electrons. The van der Waals surface area contributed by atoms with Gasteiger partial charge in [-0.05, 0) is 107 Å². The highest BCUT2D eigenvalue weighted by atomic mass is 32.1. The van der Waals surface area contributed by atoms with Crippen LogP contribution in [0.1, 0.15) is 0 Å². The Kier molecular flexibility index (Phi) is 8.40. The number of fused-ring (bicyclic) bond motifs is 10. The van der Waals surface area contributed by atoms with Crippen molar-refractivity contribution in [2.24, 2.45) is 0 Å². The molecule has 0 N–H and O–H groups in total. The highest BCUT2D eigenvalue weighted by Crippen LogP contribution is 2.47. The summed E-state index contributed by atoms with van der Waals surface area (Å²) < 4.78 is 11.9. The van der Waals surface area contributed by atoms with E-state index in [0.717, 1.165) is 66.8 Å². The Balaban J connectivity index is 0.982. The summed E-state index contributed by atoms with van der Waals surface area (Å²) in [5, 5.41) is 7.18. The molecular weight excluding hydrogens is 797 g/mol. The molecule has 4 heteroatoms. The number of anilines is 3. The van der Waals surface area contributed by atoms with Gasteiger partial charge in [0, 0.05) is 64.6 Å². The minimum atomic E-state index is 0.876. The number of para-hydroxylation sites is 2. The van der Waals surface area contributed by atoms with Crippen LogP contribution in [0.5, 0.6) is 0 Å². The second-order valence-electron chi connectivity index (χ2n) is 16.5. The third-order valence-corrected chi connectivity index (χ3v) is 14.0. The van der Waals surface area contributed by atoms with Crippen molar-refractivity contribution in [1.29, 1.82) is 0 Å². The van der Waals surface area contributed by atoms with Gasteiger partial charge < -0.3 is 13.9 Å². The Morgan fingerprint density at radius 1 is 0.375 bits per heavy atom. The first-order chi connectivity index (χ1) is 31.7. The van der Waals surface area contributed by atoms with Gasteiger partial charge in [0.05, 0.1) is 16.4 Å². The smallest absolute Gasteiger partial charge is 0.145 e. The molecular formula is C60H38N2OS. The fourth-order valence-corrected chi connectivity index (χ4v) is 10.9. The van der Waals surface area contributed by atoms with E-state index in [1.165, 1.54) is 53.2 Å². The van der Waals surface area contributed by atoms with Crippen LogP contribution in [0.3, 0.4) is 0 Å². The minimum Gasteiger partial charge on any atom is -0.455 e. The van der Waals surface area contributed by atoms with Gasteiger partial charge in [-0.15, -0.1) is 11.3 Å². The zero-order valence-corrected chi connectivity index (χ0v) is 35.5. The third-order valence-electron chi connectivity index (χ3n) is 12.8. The highest BCUT2D eigenvalue weighted by Gasteiger charge is 2.23. The molecule has 0 saturated carbocycles. The summed E-state index contributed by atoms with van der Waals surface area (Å²) in [4.78, 5) is 2.38. The van der Waals surface area contributed by atoms with Crippen molar-refractivity contribution in [3.8, 4) is 39.1 Å². The van der Waals surface area contributed by atoms with E-state index in [2.05, 4.69) is 240 Å². The quantitative estimate of drug-likeness (QED) is 0.159. The number of thiophene rings is 1. The number of furan rings is 1. The maximum absolute atomic E-state index is 6.92. The van der Waals surface area contributed by atoms with Gasteiger partial charge in [0.25, 0.3) is 0 Å². The Labute approximate surface area is 373 Å². The number of rotatable bonds is 7. The van der Waals surface area contributed by atoms with Gasteiger partial charge in [0.1, 0.15) is 11.2 Å². The first kappa shape index (κ1) is 36.5. The van der Waals surface area contributed by atoms with E-state index in [-0.39, 0.29) is 0 Å². The van der Waals surface area contributed by atoms with Crippen LogP contribution in [0.4, 0.5) is 17.1 Å². The van der Waals surface area contributed by atoms with Crippen LogP contribution < -0.4 is 4.90 Å². The van der Waals surface area contributed by atoms with Crippen molar-refractivity contribution in [2.75, 3.05) is 4.90 Å². The van der Waals surface area contributed by atoms with E-state index >= 15 is 0 Å². The average Bonchev–Trinajstić information content (AvgIpc) is 4.05. The van der Waals surface area contributed by atoms with Crippen molar-refractivity contribution in [3.05, 3.63) is 231 Å². The van der Waals surface area contributed by atoms with E-state index in [9.17, 15) is 0 Å². The molecule has 3 heterocycles. The van der Waals surface area contributed by atoms with E-state index in [0.29, 0.717) is 0 Å². The lowest BCUT2D eigenvalue weighted by molar-refractivity contribution is 0.670. The standard InChI is InChI=1S/C60H38N2OS/c1-3-13-39(14-4-1)41-23-29-44(30-24-41)61(47-35-36-57-52(37-47)49-18-9-12-22-56(49)64-57)45-33-27-43(28-34-45)51-38-53-48-17-7-10-20-54(48)62(46-31-25-42(26-32-46)40-15-5-2-6-16-40)59(53)58-50-19-8-11-21-55(50)63-60(51)58/h1-38H. The number of benzene rings is 10. The molecule has 13 aromatic rings. The molecule has 0 unspecified atom stereocenters. The van der Waals surface area contributed by atoms with E-state index in [1.807, 2.05) is 11.3 Å². The summed E-state index contributed by atoms with van der Waals surface area (Å²) in [6.45, 7) is 0. The van der Waals surface area contributed by atoms with Crippen molar-refractivity contribution in [1.82, 2.24) is 4.57 Å². The van der Waals surface area contributed by atoms with Crippen molar-refractivity contribution >= 4 is 92.3 Å². The fourth-order valence-electron chi connectivity index (χ4n) is 9.78. The first-order valence-electron chi connectivity index (χ1n) is 21.7. The minimum absolute atomic E-state index is 0.876. The van der Waals surface area contributed by atoms with Crippen molar-refractivity contribution in [3.63, 3.8) is 0 Å². The number of aromatic nitrogens is 1. The van der Waals surface area contributed by atoms with E-state index in [1.54, 1.807) is 0 Å². The van der Waals surface area contributed by atoms with Crippen LogP contribution in [-0.4, -0.2) is 4.57 Å². The lowest BCUT2D eigenvalue weighted by atomic mass is 9.98. The van der Waals surface area contributed by atoms with Crippen LogP contribution in [-0.2, 0) is 0 Å². The molecule has 64 heavy (non-hydrogen) atoms. The Morgan fingerprint density at radius 2 is 0.906 bits per heavy atom. The Morgan fingerprint density at radius 3 is 1.61 bits per heavy atom. The van der Waals surface area contributed by atoms with E-state index in [4.69, 9.17) is 4.42 Å². The molecule has 0 aliphatic rings. The SMILES string of the molecule is c1ccc(-c2ccc(N(c3ccc(-c4cc5c6ccccc6n(-c6ccc(-c7ccccc7)cc6)c5c5c4oc4ccccc45)cc3)c3ccc4sc5ccccc5c4c3)cc2)cc1. The van der Waals surface area contributed by atoms with Crippen LogP contribution in [0.25, 0.3) is 103 Å². The summed E-state index contributed by atoms with van der Waals surface area (Å²) in [5.41, 5.74) is 15.4. The topological polar surface area (TPSA) is 21.3 Å². The van der Waals surface area contributed by atoms with Crippen LogP contribution >= 0.6 is 11.3 Å². The lowest BCUT2D eigenvalue weighted by Crippen LogP contribution is -2.09. The molecule has 0 fully saturated rings. The number of hydrogen-bond acceptors (Lipinski definition) is 3. The molecule has 13 rings (SSSR count). The fraction of sp³-hybridized carbons (Fsp3) is 0. The number of hydrogen-bond donors (Lipinski definition) is 0. The number of nitrogens with zero attached hydrogens (tertiary/aromatic N) is 2. The predicted octanol–water partition coefficient (Wildman–Crippen LogP) is 17.5. The Hall–Kier alpha value is -8.18. The van der Waals surface area contributed by atoms with Crippen LogP contribution in [0, 0.1) is 0 Å². The van der Waals surface area contributed by atoms with Gasteiger partial charge in [0.2, 0.25) is 0 Å². The first-order valence-corrected chi connectivity index (χ1v) is 22.6. The van der Waals surface area contributed by atoms with E-state index < -0.39 is 0 Å². The molecule has 3 aromatic heterocycles. The summed E-state index contributed by atoms with van der Waals surface area (Å²) in [7, 11) is 0. The third kappa shape index (κ3) is 5.88. The molecule has 0 aliphatic heterocycles. The molecule has 0 aliphatic carbocycles. The molecule has 0 saturated heterocycles. The summed E-state index contributed by atoms with van der Waals surface area (Å²) in [6.07, 6.45) is 0. The summed E-state index contributed by atoms with van der Waals surface area (Å²) in [5.74, 6) is 0. The molecule has 0 amide bonds. The molecule has 10 aromatic carbocycles. The van der Waals surface area contributed by atoms with Gasteiger partial charge in [-0.2, -0.15) is 0 Å². The maximum atomic E-state index is 6.92. The monoisotopic (exact) mass is 834 g/mol. The second-order valence-corrected chi connectivity index (χ2v) is 17.5. The zero-order chi connectivity index (χ0) is 42.1. The average molecular weight is 835 g/mol. The van der Waals surface area contributed by atoms with Crippen molar-refractivity contribution in [2.45, 2.75) is 0 Å². The summed E-state index contributed by atoms with van der Waals surface area (Å²) in [6, 6.07) is 83.3. The maximum Gasteiger partial charge on any atom is 0.145 e. The molecule has 0 radical (unpaired) electrons. The van der Waals surface area contributed by atoms with Gasteiger partial charge in [-0.25, -0.2) is 0 Å². The van der Waals surface area contributed by atoms with Crippen molar-refractivity contribution < 1.29 is 4.42 Å². The second kappa shape index (κ2) is 14.7. The van der Waals surface area contributed by atoms with Gasteiger partial charge in [0.15, 0.2) is 0 Å². The summed E-state index contributed by atoms with van der Waals surface area (Å²) >= 11 is 1.85. The van der Waals surface area contributed by atoms with Gasteiger partial charge in [-0.3, -0.25) is 0 Å². The lowest BCUT2D eigenvalue weighted by Gasteiger charge is -2.26. The van der Waals surface area contributed by atoms with Gasteiger partial charge in [-0.1, -0.05) is 152 Å². The molecule has 0 atom stereocenters. The molecule has 3 nitrogen and oxygen atoms in total. The Bertz CT molecular complexity index is 3860. The normalized spacial score (nSPS) is 11.8.